The normalized spacial score (nSPS) is 11.9. The van der Waals surface area contributed by atoms with E-state index < -0.39 is 0 Å². The summed E-state index contributed by atoms with van der Waals surface area (Å²) in [6.07, 6.45) is 0. The molecule has 0 spiro atoms. The quantitative estimate of drug-likeness (QED) is 0.597. The number of ether oxygens (including phenoxy) is 3. The second kappa shape index (κ2) is 8.69. The number of likely N-dealkylation sites (N-methyl/N-ethyl adjacent to an activating group) is 1. The number of benzene rings is 3. The largest absolute Gasteiger partial charge is 0.484 e. The monoisotopic (exact) mass is 389 g/mol. The Hall–Kier alpha value is -3.47. The summed E-state index contributed by atoms with van der Waals surface area (Å²) >= 11 is 0. The fourth-order valence-corrected chi connectivity index (χ4v) is 3.25. The van der Waals surface area contributed by atoms with Crippen LogP contribution in [0, 0.1) is 0 Å². The molecule has 3 aromatic carbocycles. The number of carbonyl (C=O) groups excluding carboxylic acids is 1. The molecule has 148 valence electrons. The molecule has 0 saturated heterocycles. The first kappa shape index (κ1) is 18.9. The van der Waals surface area contributed by atoms with Gasteiger partial charge in [0, 0.05) is 13.1 Å². The molecule has 0 atom stereocenters. The molecule has 4 rings (SSSR count). The third kappa shape index (κ3) is 4.51. The van der Waals surface area contributed by atoms with Gasteiger partial charge < -0.3 is 19.1 Å². The molecule has 0 N–H and O–H groups in total. The maximum absolute atomic E-state index is 12.6. The number of hydrogen-bond acceptors (Lipinski definition) is 4. The van der Waals surface area contributed by atoms with E-state index in [1.807, 2.05) is 67.6 Å². The number of nitrogens with zero attached hydrogens (tertiary/aromatic N) is 1. The predicted molar refractivity (Wildman–Crippen MR) is 111 cm³/mol. The van der Waals surface area contributed by atoms with Crippen LogP contribution >= 0.6 is 0 Å². The van der Waals surface area contributed by atoms with Gasteiger partial charge in [0.25, 0.3) is 5.91 Å². The van der Waals surface area contributed by atoms with E-state index in [1.165, 1.54) is 0 Å². The first-order valence-electron chi connectivity index (χ1n) is 9.67. The Morgan fingerprint density at radius 3 is 2.41 bits per heavy atom. The fraction of sp³-hybridized carbons (Fsp3) is 0.208. The molecule has 0 aromatic heterocycles. The van der Waals surface area contributed by atoms with Gasteiger partial charge in [-0.2, -0.15) is 0 Å². The number of amides is 1. The average molecular weight is 389 g/mol. The number of fused-ring (bicyclic) bond motifs is 1. The molecule has 0 radical (unpaired) electrons. The molecule has 1 aliphatic rings. The second-order valence-electron chi connectivity index (χ2n) is 6.77. The summed E-state index contributed by atoms with van der Waals surface area (Å²) in [6, 6.07) is 23.7. The summed E-state index contributed by atoms with van der Waals surface area (Å²) < 4.78 is 16.5. The summed E-state index contributed by atoms with van der Waals surface area (Å²) in [7, 11) is 0. The molecular weight excluding hydrogens is 366 g/mol. The summed E-state index contributed by atoms with van der Waals surface area (Å²) in [5.74, 6) is 2.08. The van der Waals surface area contributed by atoms with Crippen LogP contribution in [0.15, 0.2) is 72.8 Å². The van der Waals surface area contributed by atoms with E-state index in [0.717, 1.165) is 28.2 Å². The van der Waals surface area contributed by atoms with Crippen molar-refractivity contribution in [1.82, 2.24) is 4.90 Å². The number of carbonyl (C=O) groups is 1. The van der Waals surface area contributed by atoms with Gasteiger partial charge in [0.2, 0.25) is 6.79 Å². The molecule has 1 heterocycles. The molecule has 5 nitrogen and oxygen atoms in total. The van der Waals surface area contributed by atoms with Crippen LogP contribution in [0.2, 0.25) is 0 Å². The van der Waals surface area contributed by atoms with Gasteiger partial charge >= 0.3 is 0 Å². The summed E-state index contributed by atoms with van der Waals surface area (Å²) in [5, 5.41) is 0. The zero-order valence-electron chi connectivity index (χ0n) is 16.3. The van der Waals surface area contributed by atoms with E-state index in [2.05, 4.69) is 12.1 Å². The van der Waals surface area contributed by atoms with E-state index in [1.54, 1.807) is 4.90 Å². The van der Waals surface area contributed by atoms with Gasteiger partial charge in [-0.3, -0.25) is 4.79 Å². The number of hydrogen-bond donors (Lipinski definition) is 0. The Balaban J connectivity index is 1.34. The van der Waals surface area contributed by atoms with Gasteiger partial charge in [-0.05, 0) is 47.9 Å². The standard InChI is InChI=1S/C24H23NO4/c1-2-25(15-18-8-13-22-23(14-18)29-17-28-22)24(26)16-27-21-11-9-20(10-12-21)19-6-4-3-5-7-19/h3-14H,2,15-17H2,1H3. The van der Waals surface area contributed by atoms with Gasteiger partial charge in [0.15, 0.2) is 18.1 Å². The van der Waals surface area contributed by atoms with Gasteiger partial charge in [-0.25, -0.2) is 0 Å². The van der Waals surface area contributed by atoms with Crippen molar-refractivity contribution >= 4 is 5.91 Å². The van der Waals surface area contributed by atoms with Crippen LogP contribution in [0.5, 0.6) is 17.2 Å². The molecule has 0 bridgehead atoms. The zero-order chi connectivity index (χ0) is 20.1. The minimum atomic E-state index is -0.0581. The highest BCUT2D eigenvalue weighted by atomic mass is 16.7. The Bertz CT molecular complexity index is 970. The predicted octanol–water partition coefficient (Wildman–Crippen LogP) is 4.51. The summed E-state index contributed by atoms with van der Waals surface area (Å²) in [4.78, 5) is 14.4. The highest BCUT2D eigenvalue weighted by Gasteiger charge is 2.17. The van der Waals surface area contributed by atoms with Crippen LogP contribution in [0.3, 0.4) is 0 Å². The topological polar surface area (TPSA) is 48.0 Å². The lowest BCUT2D eigenvalue weighted by Gasteiger charge is -2.21. The van der Waals surface area contributed by atoms with E-state index in [0.29, 0.717) is 18.8 Å². The molecule has 0 unspecified atom stereocenters. The average Bonchev–Trinajstić information content (AvgIpc) is 3.24. The molecule has 5 heteroatoms. The first-order chi connectivity index (χ1) is 14.2. The fourth-order valence-electron chi connectivity index (χ4n) is 3.25. The Kier molecular flexibility index (Phi) is 5.66. The van der Waals surface area contributed by atoms with Crippen LogP contribution in [0.25, 0.3) is 11.1 Å². The van der Waals surface area contributed by atoms with Crippen molar-refractivity contribution in [3.05, 3.63) is 78.4 Å². The molecule has 1 aliphatic heterocycles. The van der Waals surface area contributed by atoms with Crippen LogP contribution in [-0.4, -0.2) is 30.8 Å². The molecule has 3 aromatic rings. The molecule has 0 aliphatic carbocycles. The van der Waals surface area contributed by atoms with Crippen LogP contribution in [0.4, 0.5) is 0 Å². The van der Waals surface area contributed by atoms with Crippen LogP contribution in [-0.2, 0) is 11.3 Å². The highest BCUT2D eigenvalue weighted by Crippen LogP contribution is 2.32. The van der Waals surface area contributed by atoms with Crippen molar-refractivity contribution in [3.63, 3.8) is 0 Å². The van der Waals surface area contributed by atoms with Gasteiger partial charge in [-0.15, -0.1) is 0 Å². The molecule has 29 heavy (non-hydrogen) atoms. The minimum Gasteiger partial charge on any atom is -0.484 e. The Morgan fingerprint density at radius 1 is 0.931 bits per heavy atom. The zero-order valence-corrected chi connectivity index (χ0v) is 16.3. The van der Waals surface area contributed by atoms with E-state index >= 15 is 0 Å². The van der Waals surface area contributed by atoms with Crippen LogP contribution in [0.1, 0.15) is 12.5 Å². The van der Waals surface area contributed by atoms with Crippen molar-refractivity contribution < 1.29 is 19.0 Å². The summed E-state index contributed by atoms with van der Waals surface area (Å²) in [5.41, 5.74) is 3.26. The lowest BCUT2D eigenvalue weighted by molar-refractivity contribution is -0.133. The lowest BCUT2D eigenvalue weighted by atomic mass is 10.1. The first-order valence-corrected chi connectivity index (χ1v) is 9.67. The molecule has 1 amide bonds. The Labute approximate surface area is 170 Å². The molecule has 0 saturated carbocycles. The highest BCUT2D eigenvalue weighted by molar-refractivity contribution is 5.77. The third-order valence-corrected chi connectivity index (χ3v) is 4.87. The summed E-state index contributed by atoms with van der Waals surface area (Å²) in [6.45, 7) is 3.31. The smallest absolute Gasteiger partial charge is 0.260 e. The van der Waals surface area contributed by atoms with Crippen molar-refractivity contribution in [2.75, 3.05) is 19.9 Å². The van der Waals surface area contributed by atoms with Crippen molar-refractivity contribution in [2.24, 2.45) is 0 Å². The van der Waals surface area contributed by atoms with Crippen molar-refractivity contribution in [1.29, 1.82) is 0 Å². The van der Waals surface area contributed by atoms with E-state index in [9.17, 15) is 4.79 Å². The molecule has 0 fully saturated rings. The van der Waals surface area contributed by atoms with Gasteiger partial charge in [-0.1, -0.05) is 48.5 Å². The van der Waals surface area contributed by atoms with Gasteiger partial charge in [0.05, 0.1) is 0 Å². The maximum Gasteiger partial charge on any atom is 0.260 e. The maximum atomic E-state index is 12.6. The van der Waals surface area contributed by atoms with Crippen LogP contribution < -0.4 is 14.2 Å². The third-order valence-electron chi connectivity index (χ3n) is 4.87. The van der Waals surface area contributed by atoms with Gasteiger partial charge in [0.1, 0.15) is 5.75 Å². The van der Waals surface area contributed by atoms with E-state index in [-0.39, 0.29) is 19.3 Å². The molecular formula is C24H23NO4. The van der Waals surface area contributed by atoms with Crippen molar-refractivity contribution in [2.45, 2.75) is 13.5 Å². The number of rotatable bonds is 7. The second-order valence-corrected chi connectivity index (χ2v) is 6.77. The minimum absolute atomic E-state index is 0.00305. The van der Waals surface area contributed by atoms with Crippen molar-refractivity contribution in [3.8, 4) is 28.4 Å². The lowest BCUT2D eigenvalue weighted by Crippen LogP contribution is -2.34. The van der Waals surface area contributed by atoms with E-state index in [4.69, 9.17) is 14.2 Å². The SMILES string of the molecule is CCN(Cc1ccc2c(c1)OCO2)C(=O)COc1ccc(-c2ccccc2)cc1. The Morgan fingerprint density at radius 2 is 1.66 bits per heavy atom.